The van der Waals surface area contributed by atoms with Gasteiger partial charge in [-0.2, -0.15) is 0 Å². The molecule has 0 spiro atoms. The van der Waals surface area contributed by atoms with Crippen LogP contribution in [-0.2, 0) is 19.4 Å². The summed E-state index contributed by atoms with van der Waals surface area (Å²) < 4.78 is 2.27. The van der Waals surface area contributed by atoms with Gasteiger partial charge in [-0.25, -0.2) is 4.98 Å². The average molecular weight is 223 g/mol. The van der Waals surface area contributed by atoms with Gasteiger partial charge in [0.25, 0.3) is 0 Å². The van der Waals surface area contributed by atoms with Gasteiger partial charge in [0, 0.05) is 18.3 Å². The smallest absolute Gasteiger partial charge is 0.106 e. The van der Waals surface area contributed by atoms with Gasteiger partial charge < -0.3 is 15.0 Å². The molecule has 1 unspecified atom stereocenters. The molecule has 4 heteroatoms. The molecule has 0 fully saturated rings. The van der Waals surface area contributed by atoms with Crippen molar-refractivity contribution in [2.75, 3.05) is 13.7 Å². The lowest BCUT2D eigenvalue weighted by atomic mass is 10.0. The summed E-state index contributed by atoms with van der Waals surface area (Å²) in [6, 6.07) is 0.124. The largest absolute Gasteiger partial charge is 0.395 e. The normalized spacial score (nSPS) is 17.2. The van der Waals surface area contributed by atoms with Crippen LogP contribution in [0.5, 0.6) is 0 Å². The molecule has 0 bridgehead atoms. The van der Waals surface area contributed by atoms with Gasteiger partial charge in [0.2, 0.25) is 0 Å². The third kappa shape index (κ3) is 2.13. The average Bonchev–Trinajstić information content (AvgIpc) is 2.62. The van der Waals surface area contributed by atoms with Crippen LogP contribution in [0.2, 0.25) is 0 Å². The van der Waals surface area contributed by atoms with Crippen LogP contribution < -0.4 is 5.32 Å². The lowest BCUT2D eigenvalue weighted by Gasteiger charge is -2.19. The van der Waals surface area contributed by atoms with E-state index in [9.17, 15) is 5.11 Å². The minimum Gasteiger partial charge on any atom is -0.395 e. The van der Waals surface area contributed by atoms with E-state index < -0.39 is 0 Å². The van der Waals surface area contributed by atoms with Crippen molar-refractivity contribution in [2.45, 2.75) is 45.2 Å². The fourth-order valence-electron chi connectivity index (χ4n) is 2.44. The molecular formula is C12H21N3O. The molecule has 1 aliphatic rings. The van der Waals surface area contributed by atoms with Crippen LogP contribution in [0.15, 0.2) is 0 Å². The van der Waals surface area contributed by atoms with E-state index in [1.54, 1.807) is 0 Å². The summed E-state index contributed by atoms with van der Waals surface area (Å²) in [5.41, 5.74) is 2.66. The maximum absolute atomic E-state index is 9.22. The summed E-state index contributed by atoms with van der Waals surface area (Å²) in [6.45, 7) is 3.05. The summed E-state index contributed by atoms with van der Waals surface area (Å²) in [5.74, 6) is 1.08. The molecule has 0 saturated carbocycles. The summed E-state index contributed by atoms with van der Waals surface area (Å²) >= 11 is 0. The lowest BCUT2D eigenvalue weighted by Crippen LogP contribution is -2.34. The standard InChI is InChI=1S/C12H21N3O/c1-9-14-11-5-3-4-6-12(11)15(9)7-10(8-16)13-2/h10,13,16H,3-8H2,1-2H3. The Morgan fingerprint density at radius 1 is 1.44 bits per heavy atom. The van der Waals surface area contributed by atoms with E-state index in [-0.39, 0.29) is 12.6 Å². The quantitative estimate of drug-likeness (QED) is 0.788. The Hall–Kier alpha value is -0.870. The number of fused-ring (bicyclic) bond motifs is 1. The van der Waals surface area contributed by atoms with Crippen molar-refractivity contribution in [1.29, 1.82) is 0 Å². The van der Waals surface area contributed by atoms with E-state index in [0.717, 1.165) is 25.2 Å². The number of aliphatic hydroxyl groups excluding tert-OH is 1. The number of hydrogen-bond acceptors (Lipinski definition) is 3. The van der Waals surface area contributed by atoms with E-state index >= 15 is 0 Å². The van der Waals surface area contributed by atoms with Crippen LogP contribution in [-0.4, -0.2) is 34.4 Å². The van der Waals surface area contributed by atoms with Gasteiger partial charge in [-0.15, -0.1) is 0 Å². The van der Waals surface area contributed by atoms with E-state index in [2.05, 4.69) is 21.8 Å². The SMILES string of the molecule is CNC(CO)Cn1c(C)nc2c1CCCC2. The van der Waals surface area contributed by atoms with Gasteiger partial charge in [0.1, 0.15) is 5.82 Å². The second-order valence-electron chi connectivity index (χ2n) is 4.54. The van der Waals surface area contributed by atoms with Crippen molar-refractivity contribution in [2.24, 2.45) is 0 Å². The van der Waals surface area contributed by atoms with Crippen molar-refractivity contribution >= 4 is 0 Å². The van der Waals surface area contributed by atoms with E-state index in [4.69, 9.17) is 0 Å². The van der Waals surface area contributed by atoms with E-state index in [0.29, 0.717) is 0 Å². The molecule has 2 N–H and O–H groups in total. The number of imidazole rings is 1. The third-order valence-electron chi connectivity index (χ3n) is 3.46. The van der Waals surface area contributed by atoms with Gasteiger partial charge in [-0.1, -0.05) is 0 Å². The molecule has 0 radical (unpaired) electrons. The molecule has 16 heavy (non-hydrogen) atoms. The van der Waals surface area contributed by atoms with Gasteiger partial charge in [0.05, 0.1) is 12.3 Å². The maximum Gasteiger partial charge on any atom is 0.106 e. The monoisotopic (exact) mass is 223 g/mol. The van der Waals surface area contributed by atoms with Crippen LogP contribution in [0.1, 0.15) is 30.1 Å². The number of aliphatic hydroxyl groups is 1. The molecule has 4 nitrogen and oxygen atoms in total. The maximum atomic E-state index is 9.22. The minimum atomic E-state index is 0.124. The molecule has 0 amide bonds. The second-order valence-corrected chi connectivity index (χ2v) is 4.54. The Kier molecular flexibility index (Phi) is 3.61. The highest BCUT2D eigenvalue weighted by Gasteiger charge is 2.19. The highest BCUT2D eigenvalue weighted by molar-refractivity contribution is 5.20. The van der Waals surface area contributed by atoms with E-state index in [1.165, 1.54) is 24.2 Å². The van der Waals surface area contributed by atoms with Gasteiger partial charge in [-0.05, 0) is 39.7 Å². The number of nitrogens with zero attached hydrogens (tertiary/aromatic N) is 2. The van der Waals surface area contributed by atoms with Crippen molar-refractivity contribution in [3.8, 4) is 0 Å². The molecule has 1 aliphatic carbocycles. The number of hydrogen-bond donors (Lipinski definition) is 2. The van der Waals surface area contributed by atoms with Crippen LogP contribution >= 0.6 is 0 Å². The number of rotatable bonds is 4. The van der Waals surface area contributed by atoms with Gasteiger partial charge >= 0.3 is 0 Å². The fourth-order valence-corrected chi connectivity index (χ4v) is 2.44. The molecule has 2 rings (SSSR count). The van der Waals surface area contributed by atoms with E-state index in [1.807, 2.05) is 7.05 Å². The third-order valence-corrected chi connectivity index (χ3v) is 3.46. The summed E-state index contributed by atoms with van der Waals surface area (Å²) in [7, 11) is 1.89. The first-order valence-corrected chi connectivity index (χ1v) is 6.09. The Bertz CT molecular complexity index is 355. The number of aromatic nitrogens is 2. The van der Waals surface area contributed by atoms with Crippen molar-refractivity contribution < 1.29 is 5.11 Å². The lowest BCUT2D eigenvalue weighted by molar-refractivity contribution is 0.234. The van der Waals surface area contributed by atoms with Gasteiger partial charge in [-0.3, -0.25) is 0 Å². The summed E-state index contributed by atoms with van der Waals surface area (Å²) in [5, 5.41) is 12.3. The topological polar surface area (TPSA) is 50.1 Å². The van der Waals surface area contributed by atoms with Crippen molar-refractivity contribution in [1.82, 2.24) is 14.9 Å². The fraction of sp³-hybridized carbons (Fsp3) is 0.750. The zero-order valence-electron chi connectivity index (χ0n) is 10.2. The predicted molar refractivity (Wildman–Crippen MR) is 63.5 cm³/mol. The molecule has 1 aromatic rings. The van der Waals surface area contributed by atoms with Crippen LogP contribution in [0, 0.1) is 6.92 Å². The molecule has 1 atom stereocenters. The van der Waals surface area contributed by atoms with Crippen LogP contribution in [0.4, 0.5) is 0 Å². The Balaban J connectivity index is 2.22. The van der Waals surface area contributed by atoms with Gasteiger partial charge in [0.15, 0.2) is 0 Å². The number of aryl methyl sites for hydroxylation is 2. The number of likely N-dealkylation sites (N-methyl/N-ethyl adjacent to an activating group) is 1. The molecule has 0 aliphatic heterocycles. The van der Waals surface area contributed by atoms with Crippen molar-refractivity contribution in [3.05, 3.63) is 17.2 Å². The molecule has 0 saturated heterocycles. The predicted octanol–water partition coefficient (Wildman–Crippen LogP) is 0.651. The van der Waals surface area contributed by atoms with Crippen LogP contribution in [0.25, 0.3) is 0 Å². The zero-order valence-corrected chi connectivity index (χ0v) is 10.2. The Morgan fingerprint density at radius 3 is 2.88 bits per heavy atom. The summed E-state index contributed by atoms with van der Waals surface area (Å²) in [6.07, 6.45) is 4.78. The Morgan fingerprint density at radius 2 is 2.19 bits per heavy atom. The minimum absolute atomic E-state index is 0.124. The first-order valence-electron chi connectivity index (χ1n) is 6.09. The molecule has 0 aromatic carbocycles. The highest BCUT2D eigenvalue weighted by Crippen LogP contribution is 2.22. The molecule has 90 valence electrons. The Labute approximate surface area is 96.7 Å². The first-order chi connectivity index (χ1) is 7.76. The zero-order chi connectivity index (χ0) is 11.5. The second kappa shape index (κ2) is 4.97. The first kappa shape index (κ1) is 11.6. The molecular weight excluding hydrogens is 202 g/mol. The van der Waals surface area contributed by atoms with Crippen LogP contribution in [0.3, 0.4) is 0 Å². The highest BCUT2D eigenvalue weighted by atomic mass is 16.3. The summed E-state index contributed by atoms with van der Waals surface area (Å²) in [4.78, 5) is 4.63. The van der Waals surface area contributed by atoms with Crippen molar-refractivity contribution in [3.63, 3.8) is 0 Å². The molecule has 1 heterocycles. The number of nitrogens with one attached hydrogen (secondary N) is 1. The molecule has 1 aromatic heterocycles.